The molecule has 0 aliphatic carbocycles. The summed E-state index contributed by atoms with van der Waals surface area (Å²) in [5, 5.41) is 14.5. The van der Waals surface area contributed by atoms with Crippen molar-refractivity contribution >= 4 is 23.2 Å². The molecule has 1 aromatic rings. The number of aliphatic hydroxyl groups excluding tert-OH is 1. The van der Waals surface area contributed by atoms with Gasteiger partial charge in [-0.3, -0.25) is 9.59 Å². The Kier molecular flexibility index (Phi) is 4.50. The lowest BCUT2D eigenvalue weighted by Crippen LogP contribution is -2.34. The van der Waals surface area contributed by atoms with Crippen LogP contribution in [0.25, 0.3) is 0 Å². The van der Waals surface area contributed by atoms with Crippen LogP contribution in [0, 0.1) is 0 Å². The van der Waals surface area contributed by atoms with Gasteiger partial charge in [0.2, 0.25) is 5.91 Å². The maximum Gasteiger partial charge on any atom is 0.253 e. The van der Waals surface area contributed by atoms with Crippen LogP contribution in [0.5, 0.6) is 0 Å². The highest BCUT2D eigenvalue weighted by atomic mass is 16.3. The third-order valence-corrected chi connectivity index (χ3v) is 2.33. The first-order chi connectivity index (χ1) is 8.45. The predicted octanol–water partition coefficient (Wildman–Crippen LogP) is -1.11. The lowest BCUT2D eigenvalue weighted by Gasteiger charge is -2.13. The Bertz CT molecular complexity index is 462. The van der Waals surface area contributed by atoms with Crippen molar-refractivity contribution in [3.05, 3.63) is 23.8 Å². The number of hydrogen-bond acceptors (Lipinski definition) is 5. The Hall–Kier alpha value is -2.28. The summed E-state index contributed by atoms with van der Waals surface area (Å²) in [6.07, 6.45) is -1.33. The van der Waals surface area contributed by atoms with Crippen molar-refractivity contribution in [1.29, 1.82) is 0 Å². The van der Waals surface area contributed by atoms with Crippen molar-refractivity contribution in [3.8, 4) is 0 Å². The van der Waals surface area contributed by atoms with Gasteiger partial charge in [0.25, 0.3) is 5.91 Å². The molecule has 98 valence electrons. The van der Waals surface area contributed by atoms with Gasteiger partial charge in [-0.1, -0.05) is 0 Å². The summed E-state index contributed by atoms with van der Waals surface area (Å²) >= 11 is 0. The molecule has 0 aliphatic rings. The van der Waals surface area contributed by atoms with Crippen molar-refractivity contribution in [2.24, 2.45) is 5.73 Å². The van der Waals surface area contributed by atoms with Gasteiger partial charge in [0.15, 0.2) is 0 Å². The van der Waals surface area contributed by atoms with E-state index in [0.717, 1.165) is 0 Å². The van der Waals surface area contributed by atoms with Crippen molar-refractivity contribution < 1.29 is 14.7 Å². The van der Waals surface area contributed by atoms with Crippen molar-refractivity contribution in [3.63, 3.8) is 0 Å². The largest absolute Gasteiger partial charge is 0.399 e. The first-order valence-corrected chi connectivity index (χ1v) is 5.28. The first-order valence-electron chi connectivity index (χ1n) is 5.28. The molecule has 18 heavy (non-hydrogen) atoms. The molecule has 1 rings (SSSR count). The van der Waals surface area contributed by atoms with E-state index < -0.39 is 12.0 Å². The molecule has 1 atom stereocenters. The minimum Gasteiger partial charge on any atom is -0.399 e. The highest BCUT2D eigenvalue weighted by Gasteiger charge is 2.14. The van der Waals surface area contributed by atoms with Gasteiger partial charge < -0.3 is 27.2 Å². The van der Waals surface area contributed by atoms with Gasteiger partial charge in [-0.2, -0.15) is 0 Å². The summed E-state index contributed by atoms with van der Waals surface area (Å²) in [5.41, 5.74) is 11.8. The van der Waals surface area contributed by atoms with Crippen LogP contribution in [-0.2, 0) is 4.79 Å². The molecule has 0 saturated heterocycles. The van der Waals surface area contributed by atoms with E-state index in [1.165, 1.54) is 13.1 Å². The number of carbonyl (C=O) groups is 2. The Morgan fingerprint density at radius 2 is 2.11 bits per heavy atom. The molecule has 0 radical (unpaired) electrons. The van der Waals surface area contributed by atoms with Gasteiger partial charge >= 0.3 is 0 Å². The number of hydrogen-bond donors (Lipinski definition) is 5. The average molecular weight is 252 g/mol. The topological polar surface area (TPSA) is 130 Å². The highest BCUT2D eigenvalue weighted by molar-refractivity contribution is 6.00. The molecule has 0 saturated carbocycles. The standard InChI is InChI=1S/C11H16N4O3/c1-14-11(18)7-3-2-6(12)4-8(7)15-5-9(16)10(13)17/h2-4,9,15-16H,5,12H2,1H3,(H2,13,17)(H,14,18). The number of nitrogens with two attached hydrogens (primary N) is 2. The van der Waals surface area contributed by atoms with E-state index in [2.05, 4.69) is 10.6 Å². The zero-order valence-corrected chi connectivity index (χ0v) is 9.93. The third kappa shape index (κ3) is 3.36. The van der Waals surface area contributed by atoms with E-state index in [1.807, 2.05) is 0 Å². The monoisotopic (exact) mass is 252 g/mol. The molecular formula is C11H16N4O3. The maximum absolute atomic E-state index is 11.6. The molecule has 0 aliphatic heterocycles. The molecular weight excluding hydrogens is 236 g/mol. The summed E-state index contributed by atoms with van der Waals surface area (Å²) in [6, 6.07) is 4.67. The van der Waals surface area contributed by atoms with Gasteiger partial charge in [-0.15, -0.1) is 0 Å². The zero-order valence-electron chi connectivity index (χ0n) is 9.93. The number of amides is 2. The van der Waals surface area contributed by atoms with Crippen LogP contribution in [0.4, 0.5) is 11.4 Å². The smallest absolute Gasteiger partial charge is 0.253 e. The summed E-state index contributed by atoms with van der Waals surface area (Å²) < 4.78 is 0. The van der Waals surface area contributed by atoms with Crippen molar-refractivity contribution in [1.82, 2.24) is 5.32 Å². The van der Waals surface area contributed by atoms with E-state index in [0.29, 0.717) is 16.9 Å². The molecule has 0 spiro atoms. The van der Waals surface area contributed by atoms with Crippen molar-refractivity contribution in [2.75, 3.05) is 24.6 Å². The fraction of sp³-hybridized carbons (Fsp3) is 0.273. The fourth-order valence-corrected chi connectivity index (χ4v) is 1.35. The average Bonchev–Trinajstić information content (AvgIpc) is 2.34. The minimum absolute atomic E-state index is 0.0945. The van der Waals surface area contributed by atoms with Crippen LogP contribution < -0.4 is 22.1 Å². The van der Waals surface area contributed by atoms with E-state index in [1.54, 1.807) is 12.1 Å². The molecule has 0 heterocycles. The maximum atomic E-state index is 11.6. The second-order valence-corrected chi connectivity index (χ2v) is 3.68. The molecule has 0 bridgehead atoms. The van der Waals surface area contributed by atoms with E-state index in [-0.39, 0.29) is 12.5 Å². The Morgan fingerprint density at radius 1 is 1.44 bits per heavy atom. The molecule has 1 aromatic carbocycles. The van der Waals surface area contributed by atoms with Gasteiger partial charge in [0.05, 0.1) is 5.56 Å². The SMILES string of the molecule is CNC(=O)c1ccc(N)cc1NCC(O)C(N)=O. The summed E-state index contributed by atoms with van der Waals surface area (Å²) in [5.74, 6) is -1.14. The van der Waals surface area contributed by atoms with Gasteiger partial charge in [0.1, 0.15) is 6.10 Å². The predicted molar refractivity (Wildman–Crippen MR) is 67.9 cm³/mol. The Balaban J connectivity index is 2.89. The molecule has 7 heteroatoms. The second kappa shape index (κ2) is 5.87. The van der Waals surface area contributed by atoms with Gasteiger partial charge in [-0.25, -0.2) is 0 Å². The summed E-state index contributed by atoms with van der Waals surface area (Å²) in [6.45, 7) is -0.0945. The molecule has 7 nitrogen and oxygen atoms in total. The lowest BCUT2D eigenvalue weighted by molar-refractivity contribution is -0.125. The number of benzene rings is 1. The molecule has 0 aromatic heterocycles. The number of aliphatic hydroxyl groups is 1. The fourth-order valence-electron chi connectivity index (χ4n) is 1.35. The van der Waals surface area contributed by atoms with Crippen LogP contribution in [0.3, 0.4) is 0 Å². The van der Waals surface area contributed by atoms with Crippen LogP contribution in [0.2, 0.25) is 0 Å². The normalized spacial score (nSPS) is 11.7. The van der Waals surface area contributed by atoms with Crippen LogP contribution >= 0.6 is 0 Å². The van der Waals surface area contributed by atoms with E-state index >= 15 is 0 Å². The number of anilines is 2. The molecule has 7 N–H and O–H groups in total. The highest BCUT2D eigenvalue weighted by Crippen LogP contribution is 2.19. The van der Waals surface area contributed by atoms with Crippen LogP contribution in [0.15, 0.2) is 18.2 Å². The minimum atomic E-state index is -1.33. The molecule has 1 unspecified atom stereocenters. The summed E-state index contributed by atoms with van der Waals surface area (Å²) in [4.78, 5) is 22.3. The number of carbonyl (C=O) groups excluding carboxylic acids is 2. The molecule has 2 amide bonds. The quantitative estimate of drug-likeness (QED) is 0.424. The zero-order chi connectivity index (χ0) is 13.7. The second-order valence-electron chi connectivity index (χ2n) is 3.68. The number of nitrogen functional groups attached to an aromatic ring is 1. The Labute approximate surface area is 104 Å². The lowest BCUT2D eigenvalue weighted by atomic mass is 10.1. The Morgan fingerprint density at radius 3 is 2.67 bits per heavy atom. The van der Waals surface area contributed by atoms with Crippen molar-refractivity contribution in [2.45, 2.75) is 6.10 Å². The third-order valence-electron chi connectivity index (χ3n) is 2.33. The van der Waals surface area contributed by atoms with E-state index in [9.17, 15) is 14.7 Å². The van der Waals surface area contributed by atoms with Gasteiger partial charge in [-0.05, 0) is 18.2 Å². The number of primary amides is 1. The van der Waals surface area contributed by atoms with Gasteiger partial charge in [0, 0.05) is 25.0 Å². The summed E-state index contributed by atoms with van der Waals surface area (Å²) in [7, 11) is 1.50. The first kappa shape index (κ1) is 13.8. The van der Waals surface area contributed by atoms with E-state index in [4.69, 9.17) is 11.5 Å². The number of rotatable bonds is 5. The van der Waals surface area contributed by atoms with Crippen LogP contribution in [0.1, 0.15) is 10.4 Å². The molecule has 0 fully saturated rings. The van der Waals surface area contributed by atoms with Crippen LogP contribution in [-0.4, -0.2) is 36.6 Å². The number of nitrogens with one attached hydrogen (secondary N) is 2.